The second kappa shape index (κ2) is 6.37. The second-order valence-corrected chi connectivity index (χ2v) is 5.70. The van der Waals surface area contributed by atoms with E-state index in [1.165, 1.54) is 4.31 Å². The highest BCUT2D eigenvalue weighted by molar-refractivity contribution is 7.89. The summed E-state index contributed by atoms with van der Waals surface area (Å²) >= 11 is 0. The molecule has 0 spiro atoms. The van der Waals surface area contributed by atoms with Gasteiger partial charge in [-0.3, -0.25) is 0 Å². The molecule has 86 valence electrons. The predicted octanol–water partition coefficient (Wildman–Crippen LogP) is 0.819. The standard InChI is InChI=1S/C9H21NO3S/c1-4-6-9(2)10(3)14(12,13)8-5-7-11/h9,11H,4-8H2,1-3H3. The first-order valence-corrected chi connectivity index (χ1v) is 6.63. The van der Waals surface area contributed by atoms with E-state index in [1.54, 1.807) is 7.05 Å². The summed E-state index contributed by atoms with van der Waals surface area (Å²) < 4.78 is 24.6. The van der Waals surface area contributed by atoms with Gasteiger partial charge in [-0.25, -0.2) is 12.7 Å². The van der Waals surface area contributed by atoms with Crippen LogP contribution in [-0.2, 0) is 10.0 Å². The summed E-state index contributed by atoms with van der Waals surface area (Å²) in [6.45, 7) is 3.86. The third-order valence-electron chi connectivity index (χ3n) is 2.33. The van der Waals surface area contributed by atoms with Gasteiger partial charge in [0.15, 0.2) is 0 Å². The maximum atomic E-state index is 11.6. The van der Waals surface area contributed by atoms with Gasteiger partial charge in [-0.15, -0.1) is 0 Å². The molecular formula is C9H21NO3S. The van der Waals surface area contributed by atoms with Crippen molar-refractivity contribution in [3.8, 4) is 0 Å². The summed E-state index contributed by atoms with van der Waals surface area (Å²) in [6, 6.07) is 0.0451. The monoisotopic (exact) mass is 223 g/mol. The van der Waals surface area contributed by atoms with Crippen molar-refractivity contribution in [2.45, 2.75) is 39.2 Å². The van der Waals surface area contributed by atoms with Gasteiger partial charge in [-0.1, -0.05) is 13.3 Å². The van der Waals surface area contributed by atoms with Crippen LogP contribution in [0.15, 0.2) is 0 Å². The normalized spacial score (nSPS) is 14.6. The minimum atomic E-state index is -3.17. The van der Waals surface area contributed by atoms with Gasteiger partial charge in [0, 0.05) is 19.7 Å². The first-order valence-electron chi connectivity index (χ1n) is 5.02. The van der Waals surface area contributed by atoms with Crippen LogP contribution in [0.1, 0.15) is 33.1 Å². The van der Waals surface area contributed by atoms with Crippen molar-refractivity contribution < 1.29 is 13.5 Å². The van der Waals surface area contributed by atoms with E-state index in [2.05, 4.69) is 0 Å². The smallest absolute Gasteiger partial charge is 0.214 e. The molecule has 1 atom stereocenters. The lowest BCUT2D eigenvalue weighted by Gasteiger charge is -2.23. The zero-order chi connectivity index (χ0) is 11.2. The maximum Gasteiger partial charge on any atom is 0.214 e. The molecule has 1 unspecified atom stereocenters. The van der Waals surface area contributed by atoms with E-state index in [0.29, 0.717) is 6.42 Å². The van der Waals surface area contributed by atoms with Gasteiger partial charge in [-0.2, -0.15) is 0 Å². The topological polar surface area (TPSA) is 57.6 Å². The summed E-state index contributed by atoms with van der Waals surface area (Å²) in [5.74, 6) is 0.0358. The molecule has 0 heterocycles. The molecule has 0 aromatic heterocycles. The molecule has 0 saturated carbocycles. The Kier molecular flexibility index (Phi) is 6.31. The van der Waals surface area contributed by atoms with E-state index in [4.69, 9.17) is 5.11 Å². The number of aliphatic hydroxyl groups is 1. The van der Waals surface area contributed by atoms with Gasteiger partial charge in [0.2, 0.25) is 10.0 Å². The lowest BCUT2D eigenvalue weighted by molar-refractivity contribution is 0.293. The van der Waals surface area contributed by atoms with Crippen LogP contribution in [0.3, 0.4) is 0 Å². The lowest BCUT2D eigenvalue weighted by atomic mass is 10.2. The quantitative estimate of drug-likeness (QED) is 0.695. The Morgan fingerprint density at radius 3 is 2.43 bits per heavy atom. The predicted molar refractivity (Wildman–Crippen MR) is 57.6 cm³/mol. The molecule has 0 saturated heterocycles. The highest BCUT2D eigenvalue weighted by Gasteiger charge is 2.21. The van der Waals surface area contributed by atoms with Crippen molar-refractivity contribution in [1.29, 1.82) is 0 Å². The van der Waals surface area contributed by atoms with E-state index < -0.39 is 10.0 Å². The number of hydrogen-bond acceptors (Lipinski definition) is 3. The average molecular weight is 223 g/mol. The van der Waals surface area contributed by atoms with Crippen LogP contribution in [-0.4, -0.2) is 43.3 Å². The first kappa shape index (κ1) is 13.9. The number of rotatable bonds is 7. The second-order valence-electron chi connectivity index (χ2n) is 3.55. The van der Waals surface area contributed by atoms with E-state index in [0.717, 1.165) is 12.8 Å². The zero-order valence-electron chi connectivity index (χ0n) is 9.23. The number of sulfonamides is 1. The third kappa shape index (κ3) is 4.39. The van der Waals surface area contributed by atoms with Gasteiger partial charge in [0.05, 0.1) is 5.75 Å². The Bertz CT molecular complexity index is 238. The molecule has 0 radical (unpaired) electrons. The summed E-state index contributed by atoms with van der Waals surface area (Å²) in [5, 5.41) is 8.57. The maximum absolute atomic E-state index is 11.6. The van der Waals surface area contributed by atoms with E-state index in [1.807, 2.05) is 13.8 Å². The molecule has 1 N–H and O–H groups in total. The molecule has 14 heavy (non-hydrogen) atoms. The van der Waals surface area contributed by atoms with Gasteiger partial charge in [-0.05, 0) is 19.8 Å². The molecule has 0 bridgehead atoms. The van der Waals surface area contributed by atoms with E-state index in [9.17, 15) is 8.42 Å². The van der Waals surface area contributed by atoms with Crippen LogP contribution in [0, 0.1) is 0 Å². The fourth-order valence-corrected chi connectivity index (χ4v) is 2.70. The average Bonchev–Trinajstić information content (AvgIpc) is 2.14. The first-order chi connectivity index (χ1) is 6.45. The number of nitrogens with zero attached hydrogens (tertiary/aromatic N) is 1. The zero-order valence-corrected chi connectivity index (χ0v) is 10.0. The molecule has 4 nitrogen and oxygen atoms in total. The van der Waals surface area contributed by atoms with Crippen molar-refractivity contribution in [3.63, 3.8) is 0 Å². The van der Waals surface area contributed by atoms with Crippen LogP contribution in [0.2, 0.25) is 0 Å². The molecule has 0 aliphatic carbocycles. The van der Waals surface area contributed by atoms with Crippen LogP contribution in [0.5, 0.6) is 0 Å². The molecule has 0 aromatic rings. The molecule has 0 amide bonds. The SMILES string of the molecule is CCCC(C)N(C)S(=O)(=O)CCCO. The molecule has 0 aliphatic rings. The summed E-state index contributed by atoms with van der Waals surface area (Å²) in [4.78, 5) is 0. The fourth-order valence-electron chi connectivity index (χ4n) is 1.26. The van der Waals surface area contributed by atoms with Crippen molar-refractivity contribution in [1.82, 2.24) is 4.31 Å². The highest BCUT2D eigenvalue weighted by Crippen LogP contribution is 2.10. The molecule has 0 aliphatic heterocycles. The van der Waals surface area contributed by atoms with Gasteiger partial charge in [0.1, 0.15) is 0 Å². The molecule has 5 heteroatoms. The van der Waals surface area contributed by atoms with Crippen LogP contribution < -0.4 is 0 Å². The van der Waals surface area contributed by atoms with Crippen molar-refractivity contribution in [2.75, 3.05) is 19.4 Å². The van der Waals surface area contributed by atoms with Gasteiger partial charge < -0.3 is 5.11 Å². The van der Waals surface area contributed by atoms with Gasteiger partial charge >= 0.3 is 0 Å². The minimum absolute atomic E-state index is 0.0358. The Hall–Kier alpha value is -0.130. The molecule has 0 fully saturated rings. The van der Waals surface area contributed by atoms with Crippen LogP contribution in [0.25, 0.3) is 0 Å². The molecule has 0 aromatic carbocycles. The van der Waals surface area contributed by atoms with E-state index in [-0.39, 0.29) is 18.4 Å². The Morgan fingerprint density at radius 2 is 2.00 bits per heavy atom. The third-order valence-corrected chi connectivity index (χ3v) is 4.37. The van der Waals surface area contributed by atoms with Gasteiger partial charge in [0.25, 0.3) is 0 Å². The van der Waals surface area contributed by atoms with Crippen molar-refractivity contribution in [2.24, 2.45) is 0 Å². The summed E-state index contributed by atoms with van der Waals surface area (Å²) in [7, 11) is -1.57. The Labute approximate surface area is 87.0 Å². The molecular weight excluding hydrogens is 202 g/mol. The fraction of sp³-hybridized carbons (Fsp3) is 1.00. The minimum Gasteiger partial charge on any atom is -0.396 e. The number of aliphatic hydroxyl groups excluding tert-OH is 1. The van der Waals surface area contributed by atoms with E-state index >= 15 is 0 Å². The lowest BCUT2D eigenvalue weighted by Crippen LogP contribution is -2.36. The van der Waals surface area contributed by atoms with Crippen molar-refractivity contribution in [3.05, 3.63) is 0 Å². The van der Waals surface area contributed by atoms with Crippen LogP contribution >= 0.6 is 0 Å². The molecule has 0 rings (SSSR count). The summed E-state index contributed by atoms with van der Waals surface area (Å²) in [5.41, 5.74) is 0. The van der Waals surface area contributed by atoms with Crippen LogP contribution in [0.4, 0.5) is 0 Å². The highest BCUT2D eigenvalue weighted by atomic mass is 32.2. The largest absolute Gasteiger partial charge is 0.396 e. The Morgan fingerprint density at radius 1 is 1.43 bits per heavy atom. The number of hydrogen-bond donors (Lipinski definition) is 1. The summed E-state index contributed by atoms with van der Waals surface area (Å²) in [6.07, 6.45) is 2.15. The Balaban J connectivity index is 4.27. The van der Waals surface area contributed by atoms with Crippen molar-refractivity contribution >= 4 is 10.0 Å².